The maximum absolute atomic E-state index is 11.8. The molecule has 7 nitrogen and oxygen atoms in total. The van der Waals surface area contributed by atoms with E-state index in [2.05, 4.69) is 9.71 Å². The number of hydrogen-bond donors (Lipinski definition) is 2. The highest BCUT2D eigenvalue weighted by atomic mass is 32.2. The Bertz CT molecular complexity index is 748. The summed E-state index contributed by atoms with van der Waals surface area (Å²) < 4.78 is 32.0. The summed E-state index contributed by atoms with van der Waals surface area (Å²) in [5, 5.41) is 0. The quantitative estimate of drug-likeness (QED) is 0.685. The highest BCUT2D eigenvalue weighted by Gasteiger charge is 2.09. The molecule has 1 aromatic heterocycles. The lowest BCUT2D eigenvalue weighted by atomic mass is 10.3. The molecular weight excluding hydrogens is 294 g/mol. The minimum absolute atomic E-state index is 0.0590. The van der Waals surface area contributed by atoms with Crippen molar-refractivity contribution in [2.75, 3.05) is 26.0 Å². The molecule has 0 saturated heterocycles. The number of nitrogens with one attached hydrogen (secondary N) is 2. The molecule has 0 amide bonds. The normalized spacial score (nSPS) is 12.0. The van der Waals surface area contributed by atoms with Gasteiger partial charge in [0, 0.05) is 20.2 Å². The zero-order valence-electron chi connectivity index (χ0n) is 11.8. The highest BCUT2D eigenvalue weighted by molar-refractivity contribution is 7.89. The predicted octanol–water partition coefficient (Wildman–Crippen LogP) is 0.285. The van der Waals surface area contributed by atoms with Gasteiger partial charge in [0.25, 0.3) is 0 Å². The summed E-state index contributed by atoms with van der Waals surface area (Å²) >= 11 is 0. The standard InChI is InChI=1S/C13H19N3O4S/c1-20-9-10-21(18,19)14-7-4-8-16-12-6-3-2-5-11(12)15-13(16)17/h2-3,5-6,14H,4,7-10H2,1H3,(H,15,17). The molecule has 0 unspecified atom stereocenters. The van der Waals surface area contributed by atoms with E-state index in [0.717, 1.165) is 11.0 Å². The first-order valence-electron chi connectivity index (χ1n) is 6.67. The van der Waals surface area contributed by atoms with Crippen molar-refractivity contribution in [1.29, 1.82) is 0 Å². The number of methoxy groups -OCH3 is 1. The van der Waals surface area contributed by atoms with Gasteiger partial charge < -0.3 is 9.72 Å². The number of rotatable bonds is 8. The molecule has 0 atom stereocenters. The second kappa shape index (κ2) is 6.88. The van der Waals surface area contributed by atoms with Crippen LogP contribution in [0.1, 0.15) is 6.42 Å². The van der Waals surface area contributed by atoms with E-state index in [1.165, 1.54) is 7.11 Å². The SMILES string of the molecule is COCCS(=O)(=O)NCCCn1c(=O)[nH]c2ccccc21. The Morgan fingerprint density at radius 2 is 2.10 bits per heavy atom. The number of aryl methyl sites for hydroxylation is 1. The molecule has 0 aliphatic rings. The summed E-state index contributed by atoms with van der Waals surface area (Å²) in [7, 11) is -1.85. The molecule has 0 spiro atoms. The third-order valence-electron chi connectivity index (χ3n) is 3.12. The first kappa shape index (κ1) is 15.7. The van der Waals surface area contributed by atoms with Gasteiger partial charge in [-0.3, -0.25) is 4.57 Å². The van der Waals surface area contributed by atoms with Crippen LogP contribution in [-0.2, 0) is 21.3 Å². The van der Waals surface area contributed by atoms with E-state index in [1.807, 2.05) is 24.3 Å². The van der Waals surface area contributed by atoms with Gasteiger partial charge in [-0.15, -0.1) is 0 Å². The largest absolute Gasteiger partial charge is 0.384 e. The van der Waals surface area contributed by atoms with Crippen LogP contribution < -0.4 is 10.4 Å². The van der Waals surface area contributed by atoms with E-state index in [0.29, 0.717) is 13.0 Å². The van der Waals surface area contributed by atoms with Crippen LogP contribution in [0.4, 0.5) is 0 Å². The van der Waals surface area contributed by atoms with E-state index < -0.39 is 10.0 Å². The monoisotopic (exact) mass is 313 g/mol. The minimum Gasteiger partial charge on any atom is -0.384 e. The third-order valence-corrected chi connectivity index (χ3v) is 4.47. The molecular formula is C13H19N3O4S. The fraction of sp³-hybridized carbons (Fsp3) is 0.462. The van der Waals surface area contributed by atoms with Gasteiger partial charge in [0.05, 0.1) is 23.4 Å². The summed E-state index contributed by atoms with van der Waals surface area (Å²) in [5.41, 5.74) is 1.42. The van der Waals surface area contributed by atoms with Gasteiger partial charge in [-0.05, 0) is 18.6 Å². The molecule has 2 rings (SSSR count). The van der Waals surface area contributed by atoms with Crippen LogP contribution in [0.3, 0.4) is 0 Å². The molecule has 8 heteroatoms. The average molecular weight is 313 g/mol. The molecule has 0 radical (unpaired) electrons. The van der Waals surface area contributed by atoms with E-state index >= 15 is 0 Å². The van der Waals surface area contributed by atoms with Gasteiger partial charge in [0.2, 0.25) is 10.0 Å². The minimum atomic E-state index is -3.31. The van der Waals surface area contributed by atoms with Crippen molar-refractivity contribution >= 4 is 21.1 Å². The number of H-pyrrole nitrogens is 1. The molecule has 1 heterocycles. The van der Waals surface area contributed by atoms with Crippen LogP contribution in [0.15, 0.2) is 29.1 Å². The van der Waals surface area contributed by atoms with E-state index in [9.17, 15) is 13.2 Å². The average Bonchev–Trinajstić information content (AvgIpc) is 2.77. The van der Waals surface area contributed by atoms with Gasteiger partial charge in [-0.2, -0.15) is 0 Å². The number of imidazole rings is 1. The zero-order chi connectivity index (χ0) is 15.3. The summed E-state index contributed by atoms with van der Waals surface area (Å²) in [5.74, 6) is -0.0590. The second-order valence-electron chi connectivity index (χ2n) is 4.66. The Morgan fingerprint density at radius 1 is 1.33 bits per heavy atom. The topological polar surface area (TPSA) is 93.2 Å². The first-order valence-corrected chi connectivity index (χ1v) is 8.32. The smallest absolute Gasteiger partial charge is 0.326 e. The fourth-order valence-electron chi connectivity index (χ4n) is 2.06. The van der Waals surface area contributed by atoms with Crippen LogP contribution in [0.5, 0.6) is 0 Å². The number of para-hydroxylation sites is 2. The molecule has 0 bridgehead atoms. The van der Waals surface area contributed by atoms with Crippen LogP contribution in [-0.4, -0.2) is 44.0 Å². The van der Waals surface area contributed by atoms with Crippen molar-refractivity contribution < 1.29 is 13.2 Å². The Kier molecular flexibility index (Phi) is 5.16. The maximum Gasteiger partial charge on any atom is 0.326 e. The van der Waals surface area contributed by atoms with Crippen molar-refractivity contribution in [2.24, 2.45) is 0 Å². The van der Waals surface area contributed by atoms with E-state index in [1.54, 1.807) is 4.57 Å². The molecule has 0 aliphatic heterocycles. The number of aromatic amines is 1. The number of hydrogen-bond acceptors (Lipinski definition) is 4. The number of fused-ring (bicyclic) bond motifs is 1. The molecule has 0 saturated carbocycles. The summed E-state index contributed by atoms with van der Waals surface area (Å²) in [6.45, 7) is 0.908. The number of aromatic nitrogens is 2. The molecule has 0 aliphatic carbocycles. The van der Waals surface area contributed by atoms with Gasteiger partial charge in [-0.1, -0.05) is 12.1 Å². The summed E-state index contributed by atoms with van der Waals surface area (Å²) in [4.78, 5) is 14.6. The van der Waals surface area contributed by atoms with E-state index in [-0.39, 0.29) is 24.6 Å². The second-order valence-corrected chi connectivity index (χ2v) is 6.58. The molecule has 2 aromatic rings. The molecule has 2 N–H and O–H groups in total. The molecule has 21 heavy (non-hydrogen) atoms. The zero-order valence-corrected chi connectivity index (χ0v) is 12.6. The first-order chi connectivity index (χ1) is 10.0. The van der Waals surface area contributed by atoms with E-state index in [4.69, 9.17) is 4.74 Å². The Morgan fingerprint density at radius 3 is 2.86 bits per heavy atom. The summed E-state index contributed by atoms with van der Waals surface area (Å²) in [6.07, 6.45) is 0.536. The highest BCUT2D eigenvalue weighted by Crippen LogP contribution is 2.09. The van der Waals surface area contributed by atoms with Gasteiger partial charge in [-0.25, -0.2) is 17.9 Å². The van der Waals surface area contributed by atoms with Crippen LogP contribution in [0, 0.1) is 0 Å². The van der Waals surface area contributed by atoms with Gasteiger partial charge in [0.15, 0.2) is 0 Å². The molecule has 116 valence electrons. The summed E-state index contributed by atoms with van der Waals surface area (Å²) in [6, 6.07) is 7.41. The number of benzene rings is 1. The fourth-order valence-corrected chi connectivity index (χ4v) is 3.04. The number of nitrogens with zero attached hydrogens (tertiary/aromatic N) is 1. The lowest BCUT2D eigenvalue weighted by Gasteiger charge is -2.07. The van der Waals surface area contributed by atoms with Gasteiger partial charge in [0.1, 0.15) is 0 Å². The Hall–Kier alpha value is -1.64. The van der Waals surface area contributed by atoms with Crippen molar-refractivity contribution in [3.05, 3.63) is 34.7 Å². The van der Waals surface area contributed by atoms with Crippen LogP contribution >= 0.6 is 0 Å². The van der Waals surface area contributed by atoms with Crippen LogP contribution in [0.2, 0.25) is 0 Å². The van der Waals surface area contributed by atoms with Gasteiger partial charge >= 0.3 is 5.69 Å². The van der Waals surface area contributed by atoms with Crippen molar-refractivity contribution in [2.45, 2.75) is 13.0 Å². The van der Waals surface area contributed by atoms with Crippen molar-refractivity contribution in [1.82, 2.24) is 14.3 Å². The van der Waals surface area contributed by atoms with Crippen LogP contribution in [0.25, 0.3) is 11.0 Å². The number of ether oxygens (including phenoxy) is 1. The lowest BCUT2D eigenvalue weighted by molar-refractivity contribution is 0.217. The maximum atomic E-state index is 11.8. The molecule has 1 aromatic carbocycles. The molecule has 0 fully saturated rings. The Labute approximate surface area is 123 Å². The van der Waals surface area contributed by atoms with Crippen molar-refractivity contribution in [3.63, 3.8) is 0 Å². The predicted molar refractivity (Wildman–Crippen MR) is 80.8 cm³/mol. The number of sulfonamides is 1. The third kappa shape index (κ3) is 4.16. The van der Waals surface area contributed by atoms with Crippen molar-refractivity contribution in [3.8, 4) is 0 Å². The Balaban J connectivity index is 1.91. The lowest BCUT2D eigenvalue weighted by Crippen LogP contribution is -2.30.